The van der Waals surface area contributed by atoms with Gasteiger partial charge in [-0.05, 0) is 36.6 Å². The number of nitrogens with one attached hydrogen (secondary N) is 1. The maximum atomic E-state index is 9.25. The van der Waals surface area contributed by atoms with E-state index in [0.29, 0.717) is 27.8 Å². The first-order chi connectivity index (χ1) is 11.1. The van der Waals surface area contributed by atoms with E-state index < -0.39 is 0 Å². The van der Waals surface area contributed by atoms with Crippen molar-refractivity contribution in [3.8, 4) is 6.07 Å². The van der Waals surface area contributed by atoms with Crippen LogP contribution in [0.15, 0.2) is 30.5 Å². The minimum atomic E-state index is -0.0353. The summed E-state index contributed by atoms with van der Waals surface area (Å²) in [6.07, 6.45) is 4.85. The van der Waals surface area contributed by atoms with E-state index >= 15 is 0 Å². The van der Waals surface area contributed by atoms with Crippen molar-refractivity contribution >= 4 is 34.7 Å². The average Bonchev–Trinajstić information content (AvgIpc) is 2.48. The molecule has 1 aromatic carbocycles. The Bertz CT molecular complexity index is 779. The van der Waals surface area contributed by atoms with Gasteiger partial charge in [-0.3, -0.25) is 0 Å². The lowest BCUT2D eigenvalue weighted by Gasteiger charge is -2.43. The molecule has 3 N–H and O–H groups in total. The fraction of sp³-hybridized carbons (Fsp3) is 0.294. The first kappa shape index (κ1) is 15.9. The van der Waals surface area contributed by atoms with Gasteiger partial charge >= 0.3 is 0 Å². The van der Waals surface area contributed by atoms with Crippen molar-refractivity contribution in [1.29, 1.82) is 5.26 Å². The summed E-state index contributed by atoms with van der Waals surface area (Å²) >= 11 is 12.4. The summed E-state index contributed by atoms with van der Waals surface area (Å²) in [6, 6.07) is 9.52. The lowest BCUT2D eigenvalue weighted by atomic mass is 9.64. The Labute approximate surface area is 145 Å². The minimum Gasteiger partial charge on any atom is -0.383 e. The van der Waals surface area contributed by atoms with Gasteiger partial charge in [0.05, 0.1) is 5.69 Å². The first-order valence-electron chi connectivity index (χ1n) is 7.40. The summed E-state index contributed by atoms with van der Waals surface area (Å²) in [5, 5.41) is 13.9. The molecular formula is C17H16Cl2N4. The third kappa shape index (κ3) is 2.95. The predicted octanol–water partition coefficient (Wildman–Crippen LogP) is 4.38. The fourth-order valence-corrected chi connectivity index (χ4v) is 3.68. The molecule has 1 heterocycles. The Morgan fingerprint density at radius 3 is 2.70 bits per heavy atom. The highest BCUT2D eigenvalue weighted by atomic mass is 35.5. The van der Waals surface area contributed by atoms with E-state index in [1.54, 1.807) is 18.3 Å². The van der Waals surface area contributed by atoms with E-state index in [0.717, 1.165) is 24.8 Å². The SMILES string of the molecule is N#Cc1c(NCC2(c3ccc(Cl)cc3Cl)CCC2)ccnc1N. The van der Waals surface area contributed by atoms with Crippen LogP contribution in [0.2, 0.25) is 10.0 Å². The maximum Gasteiger partial charge on any atom is 0.143 e. The average molecular weight is 347 g/mol. The molecule has 1 aliphatic carbocycles. The van der Waals surface area contributed by atoms with Gasteiger partial charge in [0.1, 0.15) is 17.5 Å². The molecule has 0 saturated heterocycles. The molecule has 1 aliphatic rings. The number of nitrogen functional groups attached to an aromatic ring is 1. The molecule has 6 heteroatoms. The van der Waals surface area contributed by atoms with Crippen LogP contribution in [-0.4, -0.2) is 11.5 Å². The van der Waals surface area contributed by atoms with Crippen LogP contribution in [0.3, 0.4) is 0 Å². The van der Waals surface area contributed by atoms with Crippen molar-refractivity contribution in [2.45, 2.75) is 24.7 Å². The molecule has 0 atom stereocenters. The summed E-state index contributed by atoms with van der Waals surface area (Å²) in [5.74, 6) is 0.240. The predicted molar refractivity (Wildman–Crippen MR) is 93.8 cm³/mol. The summed E-state index contributed by atoms with van der Waals surface area (Å²) in [4.78, 5) is 3.95. The van der Waals surface area contributed by atoms with Gasteiger partial charge in [0.25, 0.3) is 0 Å². The number of hydrogen-bond acceptors (Lipinski definition) is 4. The molecule has 0 amide bonds. The number of halogens is 2. The Balaban J connectivity index is 1.86. The van der Waals surface area contributed by atoms with Crippen molar-refractivity contribution in [2.24, 2.45) is 0 Å². The number of nitrogens with zero attached hydrogens (tertiary/aromatic N) is 2. The van der Waals surface area contributed by atoms with Gasteiger partial charge in [-0.2, -0.15) is 5.26 Å². The molecule has 0 unspecified atom stereocenters. The molecule has 118 valence electrons. The van der Waals surface area contributed by atoms with Gasteiger partial charge in [0, 0.05) is 28.2 Å². The van der Waals surface area contributed by atoms with Crippen LogP contribution >= 0.6 is 23.2 Å². The smallest absolute Gasteiger partial charge is 0.143 e. The Kier molecular flexibility index (Phi) is 4.34. The van der Waals surface area contributed by atoms with E-state index in [-0.39, 0.29) is 11.2 Å². The molecule has 1 aromatic heterocycles. The van der Waals surface area contributed by atoms with E-state index in [2.05, 4.69) is 16.4 Å². The number of aromatic nitrogens is 1. The third-order valence-corrected chi connectivity index (χ3v) is 5.07. The van der Waals surface area contributed by atoms with E-state index in [1.807, 2.05) is 12.1 Å². The summed E-state index contributed by atoms with van der Waals surface area (Å²) in [7, 11) is 0. The molecule has 0 aliphatic heterocycles. The fourth-order valence-electron chi connectivity index (χ4n) is 3.07. The minimum absolute atomic E-state index is 0.0353. The number of nitrogens with two attached hydrogens (primary N) is 1. The number of rotatable bonds is 4. The molecule has 3 rings (SSSR count). The molecule has 4 nitrogen and oxygen atoms in total. The van der Waals surface area contributed by atoms with E-state index in [4.69, 9.17) is 28.9 Å². The van der Waals surface area contributed by atoms with Crippen molar-refractivity contribution < 1.29 is 0 Å². The van der Waals surface area contributed by atoms with Gasteiger partial charge in [-0.15, -0.1) is 0 Å². The second-order valence-electron chi connectivity index (χ2n) is 5.84. The molecule has 23 heavy (non-hydrogen) atoms. The van der Waals surface area contributed by atoms with Crippen LogP contribution in [0.5, 0.6) is 0 Å². The van der Waals surface area contributed by atoms with Crippen LogP contribution in [-0.2, 0) is 5.41 Å². The molecule has 1 saturated carbocycles. The van der Waals surface area contributed by atoms with Gasteiger partial charge in [-0.25, -0.2) is 4.98 Å². The largest absolute Gasteiger partial charge is 0.383 e. The van der Waals surface area contributed by atoms with Crippen molar-refractivity contribution in [3.63, 3.8) is 0 Å². The highest BCUT2D eigenvalue weighted by molar-refractivity contribution is 6.35. The highest BCUT2D eigenvalue weighted by Crippen LogP contribution is 2.46. The first-order valence-corrected chi connectivity index (χ1v) is 8.15. The van der Waals surface area contributed by atoms with Crippen molar-refractivity contribution in [1.82, 2.24) is 4.98 Å². The molecule has 2 aromatic rings. The number of nitriles is 1. The van der Waals surface area contributed by atoms with E-state index in [9.17, 15) is 5.26 Å². The normalized spacial score (nSPS) is 15.5. The highest BCUT2D eigenvalue weighted by Gasteiger charge is 2.40. The van der Waals surface area contributed by atoms with Crippen LogP contribution in [0.25, 0.3) is 0 Å². The zero-order valence-corrected chi connectivity index (χ0v) is 14.0. The van der Waals surface area contributed by atoms with E-state index in [1.165, 1.54) is 0 Å². The van der Waals surface area contributed by atoms with Crippen molar-refractivity contribution in [2.75, 3.05) is 17.6 Å². The number of hydrogen-bond donors (Lipinski definition) is 2. The molecule has 0 radical (unpaired) electrons. The van der Waals surface area contributed by atoms with Crippen LogP contribution in [0, 0.1) is 11.3 Å². The lowest BCUT2D eigenvalue weighted by molar-refractivity contribution is 0.260. The summed E-state index contributed by atoms with van der Waals surface area (Å²) in [6.45, 7) is 0.687. The Hall–Kier alpha value is -1.96. The van der Waals surface area contributed by atoms with Crippen LogP contribution < -0.4 is 11.1 Å². The third-order valence-electron chi connectivity index (χ3n) is 4.52. The number of benzene rings is 1. The van der Waals surface area contributed by atoms with Crippen LogP contribution in [0.4, 0.5) is 11.5 Å². The second kappa shape index (κ2) is 6.27. The molecule has 0 bridgehead atoms. The van der Waals surface area contributed by atoms with Crippen LogP contribution in [0.1, 0.15) is 30.4 Å². The number of pyridine rings is 1. The van der Waals surface area contributed by atoms with Crippen molar-refractivity contribution in [3.05, 3.63) is 51.6 Å². The summed E-state index contributed by atoms with van der Waals surface area (Å²) < 4.78 is 0. The standard InChI is InChI=1S/C17H16Cl2N4/c18-11-2-3-13(14(19)8-11)17(5-1-6-17)10-23-15-4-7-22-16(21)12(15)9-20/h2-4,7-8H,1,5-6,10H2,(H3,21,22,23). The van der Waals surface area contributed by atoms with Gasteiger partial charge < -0.3 is 11.1 Å². The Morgan fingerprint density at radius 2 is 2.09 bits per heavy atom. The maximum absolute atomic E-state index is 9.25. The zero-order valence-electron chi connectivity index (χ0n) is 12.4. The quantitative estimate of drug-likeness (QED) is 0.861. The molecular weight excluding hydrogens is 331 g/mol. The molecule has 0 spiro atoms. The lowest BCUT2D eigenvalue weighted by Crippen LogP contribution is -2.41. The second-order valence-corrected chi connectivity index (χ2v) is 6.69. The zero-order chi connectivity index (χ0) is 16.4. The number of anilines is 2. The Morgan fingerprint density at radius 1 is 1.30 bits per heavy atom. The summed E-state index contributed by atoms with van der Waals surface area (Å²) in [5.41, 5.74) is 7.91. The molecule has 1 fully saturated rings. The van der Waals surface area contributed by atoms with Gasteiger partial charge in [-0.1, -0.05) is 35.7 Å². The topological polar surface area (TPSA) is 74.7 Å². The monoisotopic (exact) mass is 346 g/mol. The van der Waals surface area contributed by atoms with Gasteiger partial charge in [0.15, 0.2) is 0 Å². The van der Waals surface area contributed by atoms with Gasteiger partial charge in [0.2, 0.25) is 0 Å².